The molecule has 0 heterocycles. The molecular weight excluding hydrogens is 233 g/mol. The molecule has 100 valence electrons. The van der Waals surface area contributed by atoms with Crippen LogP contribution in [-0.4, -0.2) is 30.9 Å². The number of likely N-dealkylation sites (N-methyl/N-ethyl adjacent to an activating group) is 2. The molecule has 3 N–H and O–H groups in total. The maximum absolute atomic E-state index is 13.3. The number of halogens is 1. The average molecular weight is 253 g/mol. The monoisotopic (exact) mass is 253 g/mol. The topological polar surface area (TPSA) is 58.4 Å². The Morgan fingerprint density at radius 3 is 2.67 bits per heavy atom. The summed E-state index contributed by atoms with van der Waals surface area (Å²) in [5, 5.41) is 2.72. The molecule has 0 saturated carbocycles. The molecule has 0 radical (unpaired) electrons. The summed E-state index contributed by atoms with van der Waals surface area (Å²) in [6.45, 7) is 3.61. The lowest BCUT2D eigenvalue weighted by atomic mass is 10.1. The summed E-state index contributed by atoms with van der Waals surface area (Å²) in [5.41, 5.74) is 7.08. The molecule has 0 bridgehead atoms. The Bertz CT molecular complexity index is 409. The molecule has 0 unspecified atom stereocenters. The third-order valence-electron chi connectivity index (χ3n) is 2.49. The molecule has 0 saturated heterocycles. The quantitative estimate of drug-likeness (QED) is 0.790. The van der Waals surface area contributed by atoms with Crippen LogP contribution in [0.2, 0.25) is 0 Å². The smallest absolute Gasteiger partial charge is 0.234 e. The number of hydrogen-bond donors (Lipinski definition) is 2. The van der Waals surface area contributed by atoms with E-state index >= 15 is 0 Å². The van der Waals surface area contributed by atoms with Gasteiger partial charge in [-0.25, -0.2) is 4.39 Å². The molecule has 5 heteroatoms. The Kier molecular flexibility index (Phi) is 5.74. The zero-order valence-electron chi connectivity index (χ0n) is 10.9. The first-order valence-corrected chi connectivity index (χ1v) is 5.98. The first-order chi connectivity index (χ1) is 8.55. The summed E-state index contributed by atoms with van der Waals surface area (Å²) < 4.78 is 13.3. The van der Waals surface area contributed by atoms with Crippen molar-refractivity contribution < 1.29 is 9.18 Å². The van der Waals surface area contributed by atoms with Crippen molar-refractivity contribution in [1.82, 2.24) is 10.2 Å². The zero-order chi connectivity index (χ0) is 13.5. The van der Waals surface area contributed by atoms with Crippen LogP contribution in [0.15, 0.2) is 18.2 Å². The van der Waals surface area contributed by atoms with E-state index in [2.05, 4.69) is 5.32 Å². The van der Waals surface area contributed by atoms with Gasteiger partial charge in [-0.2, -0.15) is 0 Å². The van der Waals surface area contributed by atoms with Crippen LogP contribution in [0.1, 0.15) is 18.1 Å². The summed E-state index contributed by atoms with van der Waals surface area (Å²) in [7, 11) is 1.82. The van der Waals surface area contributed by atoms with Gasteiger partial charge in [0.1, 0.15) is 5.82 Å². The molecule has 1 aromatic rings. The van der Waals surface area contributed by atoms with Gasteiger partial charge in [0, 0.05) is 19.6 Å². The number of nitrogens with zero attached hydrogens (tertiary/aromatic N) is 1. The Morgan fingerprint density at radius 2 is 2.06 bits per heavy atom. The average Bonchev–Trinajstić information content (AvgIpc) is 2.27. The normalized spacial score (nSPS) is 10.7. The van der Waals surface area contributed by atoms with Crippen molar-refractivity contribution in [3.63, 3.8) is 0 Å². The number of hydrogen-bond acceptors (Lipinski definition) is 3. The minimum absolute atomic E-state index is 0.0320. The molecule has 0 atom stereocenters. The van der Waals surface area contributed by atoms with E-state index in [4.69, 9.17) is 5.73 Å². The summed E-state index contributed by atoms with van der Waals surface area (Å²) in [6, 6.07) is 4.75. The van der Waals surface area contributed by atoms with Crippen molar-refractivity contribution in [3.05, 3.63) is 35.1 Å². The van der Waals surface area contributed by atoms with E-state index in [1.165, 1.54) is 12.1 Å². The number of benzene rings is 1. The van der Waals surface area contributed by atoms with E-state index in [0.29, 0.717) is 26.2 Å². The van der Waals surface area contributed by atoms with E-state index in [1.54, 1.807) is 0 Å². The lowest BCUT2D eigenvalue weighted by Gasteiger charge is -2.16. The van der Waals surface area contributed by atoms with Crippen LogP contribution < -0.4 is 11.1 Å². The fraction of sp³-hybridized carbons (Fsp3) is 0.462. The minimum Gasteiger partial charge on any atom is -0.355 e. The lowest BCUT2D eigenvalue weighted by molar-refractivity contribution is -0.121. The molecule has 0 aliphatic carbocycles. The van der Waals surface area contributed by atoms with Crippen LogP contribution >= 0.6 is 0 Å². The predicted octanol–water partition coefficient (Wildman–Crippen LogP) is 0.852. The van der Waals surface area contributed by atoms with E-state index < -0.39 is 0 Å². The molecule has 0 aliphatic rings. The van der Waals surface area contributed by atoms with Gasteiger partial charge in [-0.1, -0.05) is 6.07 Å². The Labute approximate surface area is 107 Å². The van der Waals surface area contributed by atoms with Crippen molar-refractivity contribution in [2.45, 2.75) is 20.0 Å². The molecule has 1 amide bonds. The molecule has 18 heavy (non-hydrogen) atoms. The van der Waals surface area contributed by atoms with Crippen molar-refractivity contribution in [2.75, 3.05) is 20.1 Å². The number of carbonyl (C=O) groups excluding carboxylic acids is 1. The Balaban J connectivity index is 2.61. The maximum Gasteiger partial charge on any atom is 0.234 e. The third kappa shape index (κ3) is 4.81. The number of rotatable bonds is 6. The zero-order valence-corrected chi connectivity index (χ0v) is 10.9. The van der Waals surface area contributed by atoms with Crippen LogP contribution in [0, 0.1) is 5.82 Å². The standard InChI is InChI=1S/C13H20FN3O/c1-3-16-13(18)9-17(2)8-11-4-10(7-15)5-12(14)6-11/h4-6H,3,7-9,15H2,1-2H3,(H,16,18). The van der Waals surface area contributed by atoms with Crippen LogP contribution in [0.3, 0.4) is 0 Å². The van der Waals surface area contributed by atoms with Crippen LogP contribution in [0.4, 0.5) is 4.39 Å². The summed E-state index contributed by atoms with van der Waals surface area (Å²) >= 11 is 0. The largest absolute Gasteiger partial charge is 0.355 e. The fourth-order valence-electron chi connectivity index (χ4n) is 1.79. The van der Waals surface area contributed by atoms with Gasteiger partial charge in [0.05, 0.1) is 6.54 Å². The van der Waals surface area contributed by atoms with Gasteiger partial charge in [0.15, 0.2) is 0 Å². The molecule has 1 rings (SSSR count). The van der Waals surface area contributed by atoms with Crippen molar-refractivity contribution >= 4 is 5.91 Å². The van der Waals surface area contributed by atoms with Crippen LogP contribution in [0.25, 0.3) is 0 Å². The van der Waals surface area contributed by atoms with Gasteiger partial charge in [-0.15, -0.1) is 0 Å². The summed E-state index contributed by atoms with van der Waals surface area (Å²) in [5.74, 6) is -0.324. The van der Waals surface area contributed by atoms with Gasteiger partial charge in [0.2, 0.25) is 5.91 Å². The highest BCUT2D eigenvalue weighted by molar-refractivity contribution is 5.77. The van der Waals surface area contributed by atoms with Gasteiger partial charge in [-0.05, 0) is 37.2 Å². The molecule has 0 spiro atoms. The lowest BCUT2D eigenvalue weighted by Crippen LogP contribution is -2.34. The van der Waals surface area contributed by atoms with Crippen molar-refractivity contribution in [1.29, 1.82) is 0 Å². The second kappa shape index (κ2) is 7.08. The minimum atomic E-state index is -0.292. The molecule has 0 aromatic heterocycles. The highest BCUT2D eigenvalue weighted by Gasteiger charge is 2.07. The van der Waals surface area contributed by atoms with Crippen LogP contribution in [0.5, 0.6) is 0 Å². The Morgan fingerprint density at radius 1 is 1.39 bits per heavy atom. The maximum atomic E-state index is 13.3. The molecule has 1 aromatic carbocycles. The third-order valence-corrected chi connectivity index (χ3v) is 2.49. The number of nitrogens with one attached hydrogen (secondary N) is 1. The van der Waals surface area contributed by atoms with Crippen molar-refractivity contribution in [3.8, 4) is 0 Å². The van der Waals surface area contributed by atoms with Crippen molar-refractivity contribution in [2.24, 2.45) is 5.73 Å². The van der Waals surface area contributed by atoms with E-state index in [1.807, 2.05) is 24.9 Å². The first-order valence-electron chi connectivity index (χ1n) is 5.98. The van der Waals surface area contributed by atoms with E-state index in [-0.39, 0.29) is 11.7 Å². The number of nitrogens with two attached hydrogens (primary N) is 1. The SMILES string of the molecule is CCNC(=O)CN(C)Cc1cc(F)cc(CN)c1. The second-order valence-corrected chi connectivity index (χ2v) is 4.30. The van der Waals surface area contributed by atoms with E-state index in [9.17, 15) is 9.18 Å². The van der Waals surface area contributed by atoms with Gasteiger partial charge in [0.25, 0.3) is 0 Å². The van der Waals surface area contributed by atoms with E-state index in [0.717, 1.165) is 11.1 Å². The first kappa shape index (κ1) is 14.6. The van der Waals surface area contributed by atoms with Gasteiger partial charge < -0.3 is 11.1 Å². The number of carbonyl (C=O) groups is 1. The number of amides is 1. The molecule has 4 nitrogen and oxygen atoms in total. The highest BCUT2D eigenvalue weighted by Crippen LogP contribution is 2.10. The molecular formula is C13H20FN3O. The molecule has 0 fully saturated rings. The summed E-state index contributed by atoms with van der Waals surface area (Å²) in [6.07, 6.45) is 0. The Hall–Kier alpha value is -1.46. The predicted molar refractivity (Wildman–Crippen MR) is 69.3 cm³/mol. The molecule has 0 aliphatic heterocycles. The fourth-order valence-corrected chi connectivity index (χ4v) is 1.79. The van der Waals surface area contributed by atoms with Gasteiger partial charge in [-0.3, -0.25) is 9.69 Å². The van der Waals surface area contributed by atoms with Crippen LogP contribution in [-0.2, 0) is 17.9 Å². The van der Waals surface area contributed by atoms with Gasteiger partial charge >= 0.3 is 0 Å². The summed E-state index contributed by atoms with van der Waals surface area (Å²) in [4.78, 5) is 13.2. The highest BCUT2D eigenvalue weighted by atomic mass is 19.1. The second-order valence-electron chi connectivity index (χ2n) is 4.30.